The van der Waals surface area contributed by atoms with Gasteiger partial charge in [-0.1, -0.05) is 19.0 Å². The van der Waals surface area contributed by atoms with Gasteiger partial charge in [0.1, 0.15) is 11.6 Å². The summed E-state index contributed by atoms with van der Waals surface area (Å²) in [7, 11) is 0. The average Bonchev–Trinajstić information content (AvgIpc) is 2.91. The molecule has 0 aromatic carbocycles. The zero-order valence-electron chi connectivity index (χ0n) is 11.7. The second kappa shape index (κ2) is 5.24. The Bertz CT molecular complexity index is 537. The van der Waals surface area contributed by atoms with Crippen molar-refractivity contribution in [3.8, 4) is 0 Å². The van der Waals surface area contributed by atoms with E-state index in [1.54, 1.807) is 6.92 Å². The van der Waals surface area contributed by atoms with Crippen LogP contribution >= 0.6 is 0 Å². The minimum Gasteiger partial charge on any atom is -0.480 e. The predicted molar refractivity (Wildman–Crippen MR) is 68.4 cm³/mol. The van der Waals surface area contributed by atoms with Gasteiger partial charge in [0, 0.05) is 18.9 Å². The number of carboxylic acids is 1. The maximum atomic E-state index is 12.6. The number of aliphatic hydroxyl groups is 1. The zero-order valence-corrected chi connectivity index (χ0v) is 11.7. The molecule has 2 atom stereocenters. The van der Waals surface area contributed by atoms with Crippen LogP contribution in [0.4, 0.5) is 0 Å². The van der Waals surface area contributed by atoms with E-state index in [-0.39, 0.29) is 18.9 Å². The molecule has 2 rings (SSSR count). The number of carbonyl (C=O) groups excluding carboxylic acids is 1. The smallest absolute Gasteiger partial charge is 0.326 e. The summed E-state index contributed by atoms with van der Waals surface area (Å²) >= 11 is 0. The third-order valence-electron chi connectivity index (χ3n) is 3.45. The minimum absolute atomic E-state index is 0.0119. The van der Waals surface area contributed by atoms with Crippen molar-refractivity contribution in [2.75, 3.05) is 6.54 Å². The van der Waals surface area contributed by atoms with Gasteiger partial charge in [-0.05, 0) is 6.92 Å². The standard InChI is InChI=1S/C13H18N2O5/c1-6(2)11-10(7(3)14-20-11)12(17)15-5-8(16)4-9(15)13(18)19/h6,8-9,16H,4-5H2,1-3H3,(H,18,19)/t8?,9-/m0/s1. The van der Waals surface area contributed by atoms with Crippen LogP contribution < -0.4 is 0 Å². The molecule has 2 N–H and O–H groups in total. The first kappa shape index (κ1) is 14.5. The van der Waals surface area contributed by atoms with Crippen molar-refractivity contribution >= 4 is 11.9 Å². The van der Waals surface area contributed by atoms with Gasteiger partial charge in [-0.15, -0.1) is 0 Å². The van der Waals surface area contributed by atoms with E-state index in [9.17, 15) is 14.7 Å². The summed E-state index contributed by atoms with van der Waals surface area (Å²) in [6.07, 6.45) is -0.773. The van der Waals surface area contributed by atoms with E-state index in [1.807, 2.05) is 13.8 Å². The molecular formula is C13H18N2O5. The largest absolute Gasteiger partial charge is 0.480 e. The summed E-state index contributed by atoms with van der Waals surface area (Å²) in [6, 6.07) is -1.01. The van der Waals surface area contributed by atoms with Crippen LogP contribution in [0.15, 0.2) is 4.52 Å². The number of rotatable bonds is 3. The molecule has 110 valence electrons. The van der Waals surface area contributed by atoms with Crippen molar-refractivity contribution in [2.24, 2.45) is 0 Å². The Morgan fingerprint density at radius 1 is 1.45 bits per heavy atom. The van der Waals surface area contributed by atoms with Crippen LogP contribution in [0.3, 0.4) is 0 Å². The van der Waals surface area contributed by atoms with Gasteiger partial charge in [-0.3, -0.25) is 4.79 Å². The van der Waals surface area contributed by atoms with Crippen LogP contribution in [0.1, 0.15) is 48.0 Å². The summed E-state index contributed by atoms with van der Waals surface area (Å²) in [6.45, 7) is 5.39. The predicted octanol–water partition coefficient (Wildman–Crippen LogP) is 0.766. The third-order valence-corrected chi connectivity index (χ3v) is 3.45. The molecule has 0 radical (unpaired) electrons. The van der Waals surface area contributed by atoms with E-state index in [4.69, 9.17) is 9.63 Å². The molecule has 1 aliphatic heterocycles. The molecule has 0 spiro atoms. The van der Waals surface area contributed by atoms with E-state index >= 15 is 0 Å². The van der Waals surface area contributed by atoms with Crippen LogP contribution in [-0.2, 0) is 4.79 Å². The molecule has 1 fully saturated rings. The second-order valence-electron chi connectivity index (χ2n) is 5.36. The van der Waals surface area contributed by atoms with Gasteiger partial charge in [0.15, 0.2) is 5.76 Å². The number of hydrogen-bond donors (Lipinski definition) is 2. The van der Waals surface area contributed by atoms with Crippen molar-refractivity contribution in [3.63, 3.8) is 0 Å². The van der Waals surface area contributed by atoms with Crippen molar-refractivity contribution in [3.05, 3.63) is 17.0 Å². The molecule has 1 aliphatic rings. The fourth-order valence-corrected chi connectivity index (χ4v) is 2.46. The van der Waals surface area contributed by atoms with Gasteiger partial charge in [-0.2, -0.15) is 0 Å². The molecular weight excluding hydrogens is 264 g/mol. The molecule has 0 bridgehead atoms. The normalized spacial score (nSPS) is 22.6. The van der Waals surface area contributed by atoms with Gasteiger partial charge >= 0.3 is 5.97 Å². The lowest BCUT2D eigenvalue weighted by Crippen LogP contribution is -2.41. The molecule has 1 unspecified atom stereocenters. The van der Waals surface area contributed by atoms with E-state index in [0.29, 0.717) is 17.0 Å². The van der Waals surface area contributed by atoms with Crippen LogP contribution in [-0.4, -0.2) is 50.8 Å². The molecule has 1 aromatic heterocycles. The Morgan fingerprint density at radius 2 is 2.10 bits per heavy atom. The molecule has 0 aliphatic carbocycles. The first-order chi connectivity index (χ1) is 9.32. The highest BCUT2D eigenvalue weighted by Gasteiger charge is 2.41. The van der Waals surface area contributed by atoms with Gasteiger partial charge in [-0.25, -0.2) is 4.79 Å². The Balaban J connectivity index is 2.36. The van der Waals surface area contributed by atoms with E-state index in [2.05, 4.69) is 5.16 Å². The van der Waals surface area contributed by atoms with Crippen LogP contribution in [0.5, 0.6) is 0 Å². The fraction of sp³-hybridized carbons (Fsp3) is 0.615. The Hall–Kier alpha value is -1.89. The number of β-amino-alcohol motifs (C(OH)–C–C–N with tert-alkyl or cyclic N) is 1. The van der Waals surface area contributed by atoms with Crippen LogP contribution in [0.25, 0.3) is 0 Å². The minimum atomic E-state index is -1.12. The molecule has 1 saturated heterocycles. The van der Waals surface area contributed by atoms with E-state index in [1.165, 1.54) is 4.90 Å². The van der Waals surface area contributed by atoms with Gasteiger partial charge in [0.05, 0.1) is 11.8 Å². The number of likely N-dealkylation sites (tertiary alicyclic amines) is 1. The Labute approximate surface area is 116 Å². The molecule has 2 heterocycles. The van der Waals surface area contributed by atoms with Crippen LogP contribution in [0.2, 0.25) is 0 Å². The van der Waals surface area contributed by atoms with Gasteiger partial charge in [0.25, 0.3) is 5.91 Å². The molecule has 7 nitrogen and oxygen atoms in total. The van der Waals surface area contributed by atoms with E-state index < -0.39 is 24.0 Å². The summed E-state index contributed by atoms with van der Waals surface area (Å²) in [5.41, 5.74) is 0.740. The maximum absolute atomic E-state index is 12.6. The first-order valence-electron chi connectivity index (χ1n) is 6.51. The number of aromatic nitrogens is 1. The molecule has 1 amide bonds. The quantitative estimate of drug-likeness (QED) is 0.848. The molecule has 20 heavy (non-hydrogen) atoms. The van der Waals surface area contributed by atoms with Crippen LogP contribution in [0, 0.1) is 6.92 Å². The average molecular weight is 282 g/mol. The van der Waals surface area contributed by atoms with Gasteiger partial charge < -0.3 is 19.6 Å². The van der Waals surface area contributed by atoms with Crippen molar-refractivity contribution in [2.45, 2.75) is 45.3 Å². The molecule has 7 heteroatoms. The van der Waals surface area contributed by atoms with Gasteiger partial charge in [0.2, 0.25) is 0 Å². The number of aliphatic hydroxyl groups excluding tert-OH is 1. The SMILES string of the molecule is Cc1noc(C(C)C)c1C(=O)N1CC(O)C[C@H]1C(=O)O. The van der Waals surface area contributed by atoms with Crippen molar-refractivity contribution < 1.29 is 24.3 Å². The lowest BCUT2D eigenvalue weighted by Gasteiger charge is -2.21. The topological polar surface area (TPSA) is 104 Å². The highest BCUT2D eigenvalue weighted by atomic mass is 16.5. The molecule has 1 aromatic rings. The second-order valence-corrected chi connectivity index (χ2v) is 5.36. The summed E-state index contributed by atoms with van der Waals surface area (Å²) in [5.74, 6) is -1.16. The Kier molecular flexibility index (Phi) is 3.80. The number of carbonyl (C=O) groups is 2. The fourth-order valence-electron chi connectivity index (χ4n) is 2.46. The summed E-state index contributed by atoms with van der Waals surface area (Å²) in [5, 5.41) is 22.6. The highest BCUT2D eigenvalue weighted by molar-refractivity contribution is 5.98. The lowest BCUT2D eigenvalue weighted by molar-refractivity contribution is -0.141. The lowest BCUT2D eigenvalue weighted by atomic mass is 10.0. The Morgan fingerprint density at radius 3 is 2.65 bits per heavy atom. The maximum Gasteiger partial charge on any atom is 0.326 e. The van der Waals surface area contributed by atoms with Crippen molar-refractivity contribution in [1.82, 2.24) is 10.1 Å². The molecule has 0 saturated carbocycles. The zero-order chi connectivity index (χ0) is 15.0. The number of carboxylic acid groups (broad SMARTS) is 1. The van der Waals surface area contributed by atoms with E-state index in [0.717, 1.165) is 0 Å². The third kappa shape index (κ3) is 2.40. The number of hydrogen-bond acceptors (Lipinski definition) is 5. The summed E-state index contributed by atoms with van der Waals surface area (Å²) < 4.78 is 5.15. The van der Waals surface area contributed by atoms with Crippen molar-refractivity contribution in [1.29, 1.82) is 0 Å². The summed E-state index contributed by atoms with van der Waals surface area (Å²) in [4.78, 5) is 24.9. The number of nitrogens with zero attached hydrogens (tertiary/aromatic N) is 2. The monoisotopic (exact) mass is 282 g/mol. The number of aliphatic carboxylic acids is 1. The first-order valence-corrected chi connectivity index (χ1v) is 6.51. The number of aryl methyl sites for hydroxylation is 1. The number of amides is 1. The highest BCUT2D eigenvalue weighted by Crippen LogP contribution is 2.27.